The molecule has 0 fully saturated rings. The Morgan fingerprint density at radius 1 is 0.690 bits per heavy atom. The van der Waals surface area contributed by atoms with Crippen LogP contribution in [0.2, 0.25) is 5.15 Å². The second kappa shape index (κ2) is 14.5. The number of aromatic nitrogens is 4. The summed E-state index contributed by atoms with van der Waals surface area (Å²) in [5.74, 6) is -1.45. The lowest BCUT2D eigenvalue weighted by atomic mass is 9.82. The van der Waals surface area contributed by atoms with E-state index >= 15 is 0 Å². The predicted octanol–water partition coefficient (Wildman–Crippen LogP) is 4.58. The zero-order chi connectivity index (χ0) is 31.7. The molecule has 0 saturated heterocycles. The Kier molecular flexibility index (Phi) is 11.7. The van der Waals surface area contributed by atoms with Gasteiger partial charge in [-0.1, -0.05) is 17.7 Å². The highest BCUT2D eigenvalue weighted by atomic mass is 35.5. The molecule has 0 aromatic carbocycles. The number of pyridine rings is 4. The number of aldehydes is 2. The van der Waals surface area contributed by atoms with Crippen molar-refractivity contribution in [3.8, 4) is 11.3 Å². The van der Waals surface area contributed by atoms with E-state index in [0.717, 1.165) is 49.1 Å². The smallest absolute Gasteiger partial charge is 0.423 e. The highest BCUT2D eigenvalue weighted by Gasteiger charge is 2.33. The Labute approximate surface area is 235 Å². The molecular weight excluding hydrogens is 607 g/mol. The number of carbonyl (C=O) groups excluding carboxylic acids is 2. The van der Waals surface area contributed by atoms with Gasteiger partial charge in [-0.15, -0.1) is 0 Å². The first-order chi connectivity index (χ1) is 19.6. The molecule has 18 heteroatoms. The number of hydrogen-bond donors (Lipinski definition) is 2. The zero-order valence-electron chi connectivity index (χ0n) is 20.4. The van der Waals surface area contributed by atoms with Crippen molar-refractivity contribution in [2.45, 2.75) is 12.4 Å². The van der Waals surface area contributed by atoms with Crippen molar-refractivity contribution in [2.24, 2.45) is 0 Å². The van der Waals surface area contributed by atoms with Crippen molar-refractivity contribution < 1.29 is 54.8 Å². The maximum Gasteiger partial charge on any atom is 0.490 e. The molecule has 4 heterocycles. The summed E-state index contributed by atoms with van der Waals surface area (Å²) in [6.45, 7) is 0. The van der Waals surface area contributed by atoms with E-state index in [4.69, 9.17) is 21.6 Å². The van der Waals surface area contributed by atoms with Crippen LogP contribution in [0.3, 0.4) is 0 Å². The molecule has 0 unspecified atom stereocenters. The summed E-state index contributed by atoms with van der Waals surface area (Å²) in [4.78, 5) is 34.0. The molecule has 42 heavy (non-hydrogen) atoms. The summed E-state index contributed by atoms with van der Waals surface area (Å²) >= 11 is 5.36. The first-order valence-electron chi connectivity index (χ1n) is 10.9. The maximum atomic E-state index is 13.0. The minimum Gasteiger partial charge on any atom is -0.423 e. The van der Waals surface area contributed by atoms with Crippen LogP contribution in [0.15, 0.2) is 61.2 Å². The average molecular weight is 621 g/mol. The van der Waals surface area contributed by atoms with Gasteiger partial charge in [-0.2, -0.15) is 26.3 Å². The second-order valence-electron chi connectivity index (χ2n) is 7.63. The van der Waals surface area contributed by atoms with E-state index in [-0.39, 0.29) is 33.0 Å². The van der Waals surface area contributed by atoms with E-state index in [1.807, 2.05) is 0 Å². The van der Waals surface area contributed by atoms with Crippen molar-refractivity contribution in [2.75, 3.05) is 0 Å². The third-order valence-electron chi connectivity index (χ3n) is 4.72. The predicted molar refractivity (Wildman–Crippen MR) is 131 cm³/mol. The van der Waals surface area contributed by atoms with Crippen LogP contribution in [0.25, 0.3) is 11.3 Å². The van der Waals surface area contributed by atoms with Gasteiger partial charge in [0.1, 0.15) is 16.5 Å². The first kappa shape index (κ1) is 33.9. The monoisotopic (exact) mass is 620 g/mol. The van der Waals surface area contributed by atoms with Crippen LogP contribution in [-0.4, -0.2) is 49.7 Å². The van der Waals surface area contributed by atoms with Gasteiger partial charge in [-0.05, 0) is 30.3 Å². The largest absolute Gasteiger partial charge is 0.490 e. The average Bonchev–Trinajstić information content (AvgIpc) is 2.94. The number of nitrogens with zero attached hydrogens (tertiary/aromatic N) is 4. The van der Waals surface area contributed by atoms with Crippen LogP contribution in [0.5, 0.6) is 0 Å². The normalized spacial score (nSPS) is 10.9. The van der Waals surface area contributed by atoms with Crippen LogP contribution in [-0.2, 0) is 12.4 Å². The van der Waals surface area contributed by atoms with E-state index < -0.39 is 42.5 Å². The molecule has 4 aromatic heterocycles. The van der Waals surface area contributed by atoms with Gasteiger partial charge in [0.15, 0.2) is 24.2 Å². The standard InChI is InChI=1S/C12H6F4N2O.C6H5BF3NO2.C6H3ClFNO/c13-9-5-17-10(3-8(9)6-19)7-1-2-11(18-4-7)12(14,15)16;8-6(9,10)5-2-1-4(3-11-5)7(12)13;7-6-1-4(3-10)5(8)2-9-6/h1-6H;1-3,12-13H;1-3H. The third-order valence-corrected chi connectivity index (χ3v) is 4.92. The third kappa shape index (κ3) is 9.93. The highest BCUT2D eigenvalue weighted by molar-refractivity contribution is 6.58. The molecule has 220 valence electrons. The molecule has 0 aliphatic heterocycles. The van der Waals surface area contributed by atoms with E-state index in [1.54, 1.807) is 0 Å². The molecule has 0 spiro atoms. The summed E-state index contributed by atoms with van der Waals surface area (Å²) in [5.41, 5.74) is -2.02. The van der Waals surface area contributed by atoms with Gasteiger partial charge >= 0.3 is 19.5 Å². The fourth-order valence-corrected chi connectivity index (χ4v) is 2.83. The first-order valence-corrected chi connectivity index (χ1v) is 11.2. The van der Waals surface area contributed by atoms with E-state index in [2.05, 4.69) is 19.9 Å². The van der Waals surface area contributed by atoms with E-state index in [1.165, 1.54) is 6.07 Å². The van der Waals surface area contributed by atoms with Crippen molar-refractivity contribution in [3.05, 3.63) is 100 Å². The summed E-state index contributed by atoms with van der Waals surface area (Å²) in [5, 5.41) is 17.2. The van der Waals surface area contributed by atoms with Gasteiger partial charge in [0.05, 0.1) is 29.2 Å². The lowest BCUT2D eigenvalue weighted by Gasteiger charge is -2.06. The van der Waals surface area contributed by atoms with Crippen molar-refractivity contribution in [3.63, 3.8) is 0 Å². The van der Waals surface area contributed by atoms with E-state index in [0.29, 0.717) is 18.6 Å². The van der Waals surface area contributed by atoms with Crippen LogP contribution in [0, 0.1) is 11.6 Å². The van der Waals surface area contributed by atoms with Crippen molar-refractivity contribution in [1.29, 1.82) is 0 Å². The number of hydrogen-bond acceptors (Lipinski definition) is 8. The lowest BCUT2D eigenvalue weighted by molar-refractivity contribution is -0.141. The van der Waals surface area contributed by atoms with Crippen LogP contribution < -0.4 is 5.46 Å². The van der Waals surface area contributed by atoms with Gasteiger partial charge in [0.2, 0.25) is 0 Å². The summed E-state index contributed by atoms with van der Waals surface area (Å²) in [6, 6.07) is 5.91. The number of carbonyl (C=O) groups is 2. The molecule has 0 aliphatic rings. The molecular formula is C24H14BClF8N4O4. The molecule has 8 nitrogen and oxygen atoms in total. The Morgan fingerprint density at radius 2 is 1.19 bits per heavy atom. The zero-order valence-corrected chi connectivity index (χ0v) is 21.2. The van der Waals surface area contributed by atoms with Gasteiger partial charge in [0, 0.05) is 23.4 Å². The van der Waals surface area contributed by atoms with Gasteiger partial charge in [0.25, 0.3) is 0 Å². The molecule has 4 rings (SSSR count). The van der Waals surface area contributed by atoms with Crippen LogP contribution in [0.4, 0.5) is 35.1 Å². The molecule has 4 aromatic rings. The Bertz CT molecular complexity index is 1510. The van der Waals surface area contributed by atoms with E-state index in [9.17, 15) is 44.7 Å². The van der Waals surface area contributed by atoms with Crippen molar-refractivity contribution in [1.82, 2.24) is 19.9 Å². The van der Waals surface area contributed by atoms with Gasteiger partial charge in [-0.25, -0.2) is 13.8 Å². The Morgan fingerprint density at radius 3 is 1.60 bits per heavy atom. The molecule has 0 saturated carbocycles. The summed E-state index contributed by atoms with van der Waals surface area (Å²) < 4.78 is 98.2. The van der Waals surface area contributed by atoms with Crippen molar-refractivity contribution >= 4 is 36.8 Å². The minimum atomic E-state index is -4.53. The fraction of sp³-hybridized carbons (Fsp3) is 0.0833. The van der Waals surface area contributed by atoms with Crippen LogP contribution >= 0.6 is 11.6 Å². The quantitative estimate of drug-likeness (QED) is 0.147. The van der Waals surface area contributed by atoms with Gasteiger partial charge in [-0.3, -0.25) is 24.5 Å². The molecule has 0 aliphatic carbocycles. The Hall–Kier alpha value is -4.35. The minimum absolute atomic E-state index is 0.0694. The van der Waals surface area contributed by atoms with Gasteiger partial charge < -0.3 is 10.0 Å². The molecule has 0 radical (unpaired) electrons. The summed E-state index contributed by atoms with van der Waals surface area (Å²) in [6.07, 6.45) is -4.85. The fourth-order valence-electron chi connectivity index (χ4n) is 2.66. The molecule has 2 N–H and O–H groups in total. The Balaban J connectivity index is 0.000000234. The molecule has 0 atom stereocenters. The highest BCUT2D eigenvalue weighted by Crippen LogP contribution is 2.29. The maximum absolute atomic E-state index is 13.0. The number of halogens is 9. The van der Waals surface area contributed by atoms with Crippen LogP contribution in [0.1, 0.15) is 32.1 Å². The lowest BCUT2D eigenvalue weighted by Crippen LogP contribution is -2.30. The number of rotatable bonds is 4. The second-order valence-corrected chi connectivity index (χ2v) is 8.02. The topological polar surface area (TPSA) is 126 Å². The number of alkyl halides is 6. The SMILES string of the molecule is O=Cc1cc(-c2ccc(C(F)(F)F)nc2)ncc1F.O=Cc1cc(Cl)ncc1F.OB(O)c1ccc(C(F)(F)F)nc1. The summed E-state index contributed by atoms with van der Waals surface area (Å²) in [7, 11) is -1.80. The molecule has 0 amide bonds. The molecule has 0 bridgehead atoms.